The van der Waals surface area contributed by atoms with Gasteiger partial charge in [-0.1, -0.05) is 29.3 Å². The van der Waals surface area contributed by atoms with Gasteiger partial charge in [0.15, 0.2) is 5.82 Å². The lowest BCUT2D eigenvalue weighted by Gasteiger charge is -2.10. The Hall–Kier alpha value is -3.12. The number of amides is 1. The van der Waals surface area contributed by atoms with Crippen LogP contribution in [0.3, 0.4) is 0 Å². The predicted octanol–water partition coefficient (Wildman–Crippen LogP) is 4.19. The molecule has 1 aromatic heterocycles. The van der Waals surface area contributed by atoms with E-state index in [1.54, 1.807) is 24.3 Å². The minimum Gasteiger partial charge on any atom is -0.508 e. The van der Waals surface area contributed by atoms with E-state index in [4.69, 9.17) is 16.3 Å². The standard InChI is InChI=1S/C18H14ClN3O3/c1-11-2-4-12(5-3-11)17(24)22-16-15(19)18(21-10-20-16)25-14-8-6-13(23)7-9-14/h2-10,23H,1H3,(H,20,21,22,24). The Balaban J connectivity index is 1.79. The van der Waals surface area contributed by atoms with Crippen LogP contribution in [0.15, 0.2) is 54.9 Å². The molecule has 25 heavy (non-hydrogen) atoms. The molecule has 3 rings (SSSR count). The topological polar surface area (TPSA) is 84.3 Å². The van der Waals surface area contributed by atoms with Crippen molar-refractivity contribution >= 4 is 23.3 Å². The summed E-state index contributed by atoms with van der Waals surface area (Å²) in [5.74, 6) is 0.468. The van der Waals surface area contributed by atoms with Gasteiger partial charge in [0.2, 0.25) is 5.88 Å². The number of aromatic hydroxyl groups is 1. The zero-order valence-electron chi connectivity index (χ0n) is 13.2. The Kier molecular flexibility index (Phi) is 4.81. The number of rotatable bonds is 4. The molecular weight excluding hydrogens is 342 g/mol. The summed E-state index contributed by atoms with van der Waals surface area (Å²) in [7, 11) is 0. The van der Waals surface area contributed by atoms with Crippen LogP contribution in [0, 0.1) is 6.92 Å². The average Bonchev–Trinajstić information content (AvgIpc) is 2.61. The molecule has 6 nitrogen and oxygen atoms in total. The Bertz CT molecular complexity index is 896. The zero-order valence-corrected chi connectivity index (χ0v) is 14.0. The van der Waals surface area contributed by atoms with Gasteiger partial charge in [0.1, 0.15) is 22.8 Å². The Morgan fingerprint density at radius 2 is 1.76 bits per heavy atom. The van der Waals surface area contributed by atoms with E-state index in [0.29, 0.717) is 11.3 Å². The Morgan fingerprint density at radius 1 is 1.08 bits per heavy atom. The maximum atomic E-state index is 12.3. The van der Waals surface area contributed by atoms with E-state index in [-0.39, 0.29) is 28.4 Å². The highest BCUT2D eigenvalue weighted by Gasteiger charge is 2.15. The van der Waals surface area contributed by atoms with Gasteiger partial charge in [-0.05, 0) is 43.3 Å². The van der Waals surface area contributed by atoms with Crippen LogP contribution in [0.25, 0.3) is 0 Å². The molecule has 0 saturated carbocycles. The summed E-state index contributed by atoms with van der Waals surface area (Å²) in [6, 6.07) is 13.2. The molecule has 0 aliphatic rings. The van der Waals surface area contributed by atoms with E-state index >= 15 is 0 Å². The first-order chi connectivity index (χ1) is 12.0. The van der Waals surface area contributed by atoms with Gasteiger partial charge in [-0.25, -0.2) is 4.98 Å². The van der Waals surface area contributed by atoms with Gasteiger partial charge in [0, 0.05) is 5.56 Å². The fourth-order valence-electron chi connectivity index (χ4n) is 2.02. The molecule has 0 atom stereocenters. The molecule has 0 spiro atoms. The smallest absolute Gasteiger partial charge is 0.256 e. The number of nitrogens with zero attached hydrogens (tertiary/aromatic N) is 2. The number of hydrogen-bond acceptors (Lipinski definition) is 5. The van der Waals surface area contributed by atoms with Gasteiger partial charge in [0.25, 0.3) is 5.91 Å². The molecule has 0 aliphatic carbocycles. The van der Waals surface area contributed by atoms with Crippen molar-refractivity contribution in [2.45, 2.75) is 6.92 Å². The third-order valence-electron chi connectivity index (χ3n) is 3.35. The van der Waals surface area contributed by atoms with Crippen LogP contribution in [0.2, 0.25) is 5.02 Å². The summed E-state index contributed by atoms with van der Waals surface area (Å²) in [6.07, 6.45) is 1.24. The number of aromatic nitrogens is 2. The number of anilines is 1. The summed E-state index contributed by atoms with van der Waals surface area (Å²) in [5.41, 5.74) is 1.54. The first-order valence-corrected chi connectivity index (χ1v) is 7.76. The van der Waals surface area contributed by atoms with Crippen molar-refractivity contribution in [1.82, 2.24) is 9.97 Å². The molecule has 0 saturated heterocycles. The molecule has 3 aromatic rings. The third-order valence-corrected chi connectivity index (χ3v) is 3.70. The minimum absolute atomic E-state index is 0.0797. The second kappa shape index (κ2) is 7.19. The van der Waals surface area contributed by atoms with E-state index in [1.165, 1.54) is 18.5 Å². The van der Waals surface area contributed by atoms with Crippen molar-refractivity contribution in [1.29, 1.82) is 0 Å². The number of hydrogen-bond donors (Lipinski definition) is 2. The van der Waals surface area contributed by atoms with Gasteiger partial charge in [-0.3, -0.25) is 4.79 Å². The SMILES string of the molecule is Cc1ccc(C(=O)Nc2ncnc(Oc3ccc(O)cc3)c2Cl)cc1. The maximum Gasteiger partial charge on any atom is 0.256 e. The van der Waals surface area contributed by atoms with Crippen molar-refractivity contribution in [3.63, 3.8) is 0 Å². The van der Waals surface area contributed by atoms with Crippen LogP contribution < -0.4 is 10.1 Å². The number of carbonyl (C=O) groups excluding carboxylic acids is 1. The fraction of sp³-hybridized carbons (Fsp3) is 0.0556. The number of phenolic OH excluding ortho intramolecular Hbond substituents is 1. The number of nitrogens with one attached hydrogen (secondary N) is 1. The quantitative estimate of drug-likeness (QED) is 0.733. The van der Waals surface area contributed by atoms with Crippen molar-refractivity contribution in [2.75, 3.05) is 5.32 Å². The molecule has 2 aromatic carbocycles. The average molecular weight is 356 g/mol. The second-order valence-corrected chi connectivity index (χ2v) is 5.64. The highest BCUT2D eigenvalue weighted by molar-refractivity contribution is 6.34. The van der Waals surface area contributed by atoms with E-state index in [1.807, 2.05) is 19.1 Å². The van der Waals surface area contributed by atoms with Gasteiger partial charge >= 0.3 is 0 Å². The number of aryl methyl sites for hydroxylation is 1. The van der Waals surface area contributed by atoms with Crippen LogP contribution in [0.5, 0.6) is 17.4 Å². The highest BCUT2D eigenvalue weighted by Crippen LogP contribution is 2.32. The van der Waals surface area contributed by atoms with Gasteiger partial charge in [-0.2, -0.15) is 4.98 Å². The van der Waals surface area contributed by atoms with Crippen molar-refractivity contribution in [2.24, 2.45) is 0 Å². The number of halogens is 1. The summed E-state index contributed by atoms with van der Waals surface area (Å²) in [4.78, 5) is 20.2. The summed E-state index contributed by atoms with van der Waals surface area (Å²) >= 11 is 6.23. The van der Waals surface area contributed by atoms with Crippen molar-refractivity contribution < 1.29 is 14.6 Å². The summed E-state index contributed by atoms with van der Waals surface area (Å²) < 4.78 is 5.56. The molecule has 0 aliphatic heterocycles. The van der Waals surface area contributed by atoms with Crippen LogP contribution in [-0.2, 0) is 0 Å². The Morgan fingerprint density at radius 3 is 2.44 bits per heavy atom. The fourth-order valence-corrected chi connectivity index (χ4v) is 2.21. The van der Waals surface area contributed by atoms with Crippen molar-refractivity contribution in [3.05, 3.63) is 71.0 Å². The first kappa shape index (κ1) is 16.7. The van der Waals surface area contributed by atoms with Crippen LogP contribution in [0.1, 0.15) is 15.9 Å². The van der Waals surface area contributed by atoms with E-state index in [0.717, 1.165) is 5.56 Å². The first-order valence-electron chi connectivity index (χ1n) is 7.38. The lowest BCUT2D eigenvalue weighted by molar-refractivity contribution is 0.102. The van der Waals surface area contributed by atoms with Gasteiger partial charge in [-0.15, -0.1) is 0 Å². The summed E-state index contributed by atoms with van der Waals surface area (Å²) in [6.45, 7) is 1.94. The molecule has 1 amide bonds. The lowest BCUT2D eigenvalue weighted by Crippen LogP contribution is -2.13. The number of phenols is 1. The molecule has 0 unspecified atom stereocenters. The molecule has 0 radical (unpaired) electrons. The minimum atomic E-state index is -0.337. The van der Waals surface area contributed by atoms with E-state index < -0.39 is 0 Å². The lowest BCUT2D eigenvalue weighted by atomic mass is 10.1. The third kappa shape index (κ3) is 4.05. The number of ether oxygens (including phenoxy) is 1. The largest absolute Gasteiger partial charge is 0.508 e. The van der Waals surface area contributed by atoms with Gasteiger partial charge in [0.05, 0.1) is 0 Å². The monoisotopic (exact) mass is 355 g/mol. The molecule has 0 fully saturated rings. The molecule has 1 heterocycles. The number of carbonyl (C=O) groups is 1. The van der Waals surface area contributed by atoms with E-state index in [2.05, 4.69) is 15.3 Å². The van der Waals surface area contributed by atoms with Gasteiger partial charge < -0.3 is 15.2 Å². The number of benzene rings is 2. The summed E-state index contributed by atoms with van der Waals surface area (Å²) in [5, 5.41) is 12.0. The highest BCUT2D eigenvalue weighted by atomic mass is 35.5. The Labute approximate surface area is 149 Å². The zero-order chi connectivity index (χ0) is 17.8. The molecule has 126 valence electrons. The van der Waals surface area contributed by atoms with E-state index in [9.17, 15) is 9.90 Å². The van der Waals surface area contributed by atoms with Crippen molar-refractivity contribution in [3.8, 4) is 17.4 Å². The molecular formula is C18H14ClN3O3. The predicted molar refractivity (Wildman–Crippen MR) is 94.4 cm³/mol. The van der Waals surface area contributed by atoms with Crippen LogP contribution in [-0.4, -0.2) is 21.0 Å². The normalized spacial score (nSPS) is 10.3. The van der Waals surface area contributed by atoms with Crippen LogP contribution in [0.4, 0.5) is 5.82 Å². The molecule has 2 N–H and O–H groups in total. The maximum absolute atomic E-state index is 12.3. The molecule has 0 bridgehead atoms. The van der Waals surface area contributed by atoms with Crippen LogP contribution >= 0.6 is 11.6 Å². The molecule has 7 heteroatoms. The second-order valence-electron chi connectivity index (χ2n) is 5.26.